The first-order chi connectivity index (χ1) is 7.07. The number of β-amino-alcohol motifs (C(OH)–C–C–N with tert-alkyl or cyclic N) is 1. The molecular weight excluding hydrogens is 214 g/mol. The third kappa shape index (κ3) is 1.68. The minimum Gasteiger partial charge on any atom is -0.480 e. The van der Waals surface area contributed by atoms with Gasteiger partial charge in [-0.05, 0) is 0 Å². The molecule has 1 aromatic rings. The molecule has 15 heavy (non-hydrogen) atoms. The molecule has 2 rings (SSSR count). The van der Waals surface area contributed by atoms with Gasteiger partial charge >= 0.3 is 0 Å². The molecule has 0 unspecified atom stereocenters. The molecule has 0 spiro atoms. The molecule has 0 atom stereocenters. The monoisotopic (exact) mass is 229 g/mol. The van der Waals surface area contributed by atoms with Crippen LogP contribution in [0.2, 0.25) is 0 Å². The Hall–Kier alpha value is -0.850. The van der Waals surface area contributed by atoms with Crippen molar-refractivity contribution in [2.45, 2.75) is 5.60 Å². The molecule has 1 aliphatic heterocycles. The van der Waals surface area contributed by atoms with E-state index in [0.29, 0.717) is 19.0 Å². The van der Waals surface area contributed by atoms with E-state index in [-0.39, 0.29) is 0 Å². The van der Waals surface area contributed by atoms with Gasteiger partial charge in [0.15, 0.2) is 5.13 Å². The molecule has 0 amide bonds. The van der Waals surface area contributed by atoms with Crippen LogP contribution >= 0.6 is 11.3 Å². The van der Waals surface area contributed by atoms with Crippen LogP contribution in [0, 0.1) is 0 Å². The van der Waals surface area contributed by atoms with Crippen molar-refractivity contribution in [3.63, 3.8) is 0 Å². The van der Waals surface area contributed by atoms with Crippen LogP contribution in [-0.2, 0) is 5.60 Å². The van der Waals surface area contributed by atoms with Gasteiger partial charge in [0.2, 0.25) is 5.88 Å². The zero-order chi connectivity index (χ0) is 11.1. The van der Waals surface area contributed by atoms with Crippen LogP contribution < -0.4 is 15.0 Å². The second-order valence-corrected chi connectivity index (χ2v) is 4.84. The molecule has 1 fully saturated rings. The predicted octanol–water partition coefficient (Wildman–Crippen LogP) is 0.00850. The van der Waals surface area contributed by atoms with Crippen LogP contribution in [0.25, 0.3) is 0 Å². The Morgan fingerprint density at radius 2 is 2.20 bits per heavy atom. The number of thiazole rings is 1. The molecule has 1 aliphatic rings. The van der Waals surface area contributed by atoms with Crippen molar-refractivity contribution in [1.82, 2.24) is 10.3 Å². The van der Waals surface area contributed by atoms with Crippen molar-refractivity contribution in [1.29, 1.82) is 0 Å². The summed E-state index contributed by atoms with van der Waals surface area (Å²) in [6.45, 7) is 1.14. The molecule has 1 aromatic heterocycles. The highest BCUT2D eigenvalue weighted by atomic mass is 32.1. The highest BCUT2D eigenvalue weighted by Crippen LogP contribution is 2.40. The van der Waals surface area contributed by atoms with E-state index >= 15 is 0 Å². The largest absolute Gasteiger partial charge is 0.480 e. The lowest BCUT2D eigenvalue weighted by atomic mass is 9.96. The fourth-order valence-electron chi connectivity index (χ4n) is 1.44. The Morgan fingerprint density at radius 1 is 1.53 bits per heavy atom. The molecule has 1 saturated heterocycles. The van der Waals surface area contributed by atoms with Crippen molar-refractivity contribution >= 4 is 16.5 Å². The molecule has 6 heteroatoms. The summed E-state index contributed by atoms with van der Waals surface area (Å²) < 4.78 is 5.18. The maximum Gasteiger partial charge on any atom is 0.232 e. The number of nitrogens with zero attached hydrogens (tertiary/aromatic N) is 2. The van der Waals surface area contributed by atoms with Gasteiger partial charge in [0.05, 0.1) is 7.11 Å². The van der Waals surface area contributed by atoms with Crippen LogP contribution in [0.1, 0.15) is 4.88 Å². The van der Waals surface area contributed by atoms with E-state index in [4.69, 9.17) is 4.74 Å². The Balaban J connectivity index is 2.36. The predicted molar refractivity (Wildman–Crippen MR) is 59.8 cm³/mol. The van der Waals surface area contributed by atoms with Gasteiger partial charge in [0.25, 0.3) is 0 Å². The standard InChI is InChI=1S/C9H15N3O2S/c1-12(2)8-11-7(14-3)6(15-8)9(13)4-10-5-9/h10,13H,4-5H2,1-3H3. The molecule has 84 valence electrons. The number of hydrogen-bond donors (Lipinski definition) is 2. The van der Waals surface area contributed by atoms with Gasteiger partial charge in [-0.1, -0.05) is 11.3 Å². The fourth-order valence-corrected chi connectivity index (χ4v) is 2.49. The van der Waals surface area contributed by atoms with E-state index in [1.54, 1.807) is 7.11 Å². The van der Waals surface area contributed by atoms with Crippen LogP contribution in [0.3, 0.4) is 0 Å². The van der Waals surface area contributed by atoms with Gasteiger partial charge < -0.3 is 20.1 Å². The van der Waals surface area contributed by atoms with E-state index in [2.05, 4.69) is 10.3 Å². The lowest BCUT2D eigenvalue weighted by Gasteiger charge is -2.36. The van der Waals surface area contributed by atoms with Gasteiger partial charge in [0.1, 0.15) is 10.5 Å². The molecule has 0 aliphatic carbocycles. The van der Waals surface area contributed by atoms with Crippen LogP contribution in [0.4, 0.5) is 5.13 Å². The van der Waals surface area contributed by atoms with Gasteiger partial charge in [0, 0.05) is 27.2 Å². The smallest absolute Gasteiger partial charge is 0.232 e. The van der Waals surface area contributed by atoms with Gasteiger partial charge in [-0.2, -0.15) is 4.98 Å². The highest BCUT2D eigenvalue weighted by molar-refractivity contribution is 7.16. The number of aliphatic hydroxyl groups is 1. The molecule has 0 radical (unpaired) electrons. The maximum absolute atomic E-state index is 10.2. The van der Waals surface area contributed by atoms with Crippen molar-refractivity contribution < 1.29 is 9.84 Å². The summed E-state index contributed by atoms with van der Waals surface area (Å²) in [6.07, 6.45) is 0. The summed E-state index contributed by atoms with van der Waals surface area (Å²) in [6, 6.07) is 0. The van der Waals surface area contributed by atoms with Crippen LogP contribution in [-0.4, -0.2) is 44.4 Å². The second kappa shape index (κ2) is 3.62. The first-order valence-corrected chi connectivity index (χ1v) is 5.54. The Bertz CT molecular complexity index is 360. The summed E-state index contributed by atoms with van der Waals surface area (Å²) in [4.78, 5) is 7.03. The third-order valence-electron chi connectivity index (χ3n) is 2.42. The van der Waals surface area contributed by atoms with Crippen molar-refractivity contribution in [3.05, 3.63) is 4.88 Å². The molecule has 0 aromatic carbocycles. The quantitative estimate of drug-likeness (QED) is 0.764. The van der Waals surface area contributed by atoms with Gasteiger partial charge in [-0.25, -0.2) is 0 Å². The van der Waals surface area contributed by atoms with E-state index in [9.17, 15) is 5.11 Å². The number of ether oxygens (including phenoxy) is 1. The minimum absolute atomic E-state index is 0.535. The number of hydrogen-bond acceptors (Lipinski definition) is 6. The Kier molecular flexibility index (Phi) is 2.57. The zero-order valence-electron chi connectivity index (χ0n) is 9.07. The first-order valence-electron chi connectivity index (χ1n) is 4.72. The Morgan fingerprint density at radius 3 is 2.60 bits per heavy atom. The zero-order valence-corrected chi connectivity index (χ0v) is 9.89. The lowest BCUT2D eigenvalue weighted by molar-refractivity contribution is -0.0132. The second-order valence-electron chi connectivity index (χ2n) is 3.86. The van der Waals surface area contributed by atoms with E-state index in [1.165, 1.54) is 11.3 Å². The topological polar surface area (TPSA) is 57.6 Å². The van der Waals surface area contributed by atoms with Crippen molar-refractivity contribution in [3.8, 4) is 5.88 Å². The summed E-state index contributed by atoms with van der Waals surface area (Å²) in [5.74, 6) is 0.535. The summed E-state index contributed by atoms with van der Waals surface area (Å²) in [5.41, 5.74) is -0.794. The maximum atomic E-state index is 10.2. The van der Waals surface area contributed by atoms with E-state index in [0.717, 1.165) is 10.0 Å². The number of nitrogens with one attached hydrogen (secondary N) is 1. The lowest BCUT2D eigenvalue weighted by Crippen LogP contribution is -2.56. The summed E-state index contributed by atoms with van der Waals surface area (Å²) >= 11 is 1.47. The molecular formula is C9H15N3O2S. The average Bonchev–Trinajstić information content (AvgIpc) is 2.58. The summed E-state index contributed by atoms with van der Waals surface area (Å²) in [5, 5.41) is 14.1. The first kappa shape index (κ1) is 10.7. The number of aromatic nitrogens is 1. The minimum atomic E-state index is -0.794. The van der Waals surface area contributed by atoms with Crippen molar-refractivity contribution in [2.24, 2.45) is 0 Å². The van der Waals surface area contributed by atoms with Gasteiger partial charge in [-0.15, -0.1) is 0 Å². The highest BCUT2D eigenvalue weighted by Gasteiger charge is 2.41. The SMILES string of the molecule is COc1nc(N(C)C)sc1C1(O)CNC1. The normalized spacial score (nSPS) is 18.4. The third-order valence-corrected chi connectivity index (χ3v) is 3.82. The molecule has 2 N–H and O–H groups in total. The number of rotatable bonds is 3. The van der Waals surface area contributed by atoms with Gasteiger partial charge in [-0.3, -0.25) is 0 Å². The van der Waals surface area contributed by atoms with Crippen LogP contribution in [0.15, 0.2) is 0 Å². The van der Waals surface area contributed by atoms with Crippen LogP contribution in [0.5, 0.6) is 5.88 Å². The molecule has 2 heterocycles. The van der Waals surface area contributed by atoms with E-state index < -0.39 is 5.60 Å². The number of anilines is 1. The van der Waals surface area contributed by atoms with E-state index in [1.807, 2.05) is 19.0 Å². The number of methoxy groups -OCH3 is 1. The molecule has 5 nitrogen and oxygen atoms in total. The summed E-state index contributed by atoms with van der Waals surface area (Å²) in [7, 11) is 5.42. The van der Waals surface area contributed by atoms with Crippen molar-refractivity contribution in [2.75, 3.05) is 39.2 Å². The Labute approximate surface area is 92.7 Å². The molecule has 0 saturated carbocycles. The molecule has 0 bridgehead atoms. The fraction of sp³-hybridized carbons (Fsp3) is 0.667. The average molecular weight is 229 g/mol.